The zero-order valence-electron chi connectivity index (χ0n) is 9.70. The van der Waals surface area contributed by atoms with Gasteiger partial charge >= 0.3 is 0 Å². The van der Waals surface area contributed by atoms with Crippen molar-refractivity contribution >= 4 is 11.0 Å². The standard InChI is InChI=1S/C13H11N3O2/c1-8-3-2-4-10-13(8)15-16(14-10)11-7-9(17)5-6-12(11)18/h2-7,17-18H,1H3. The van der Waals surface area contributed by atoms with Crippen LogP contribution in [0.2, 0.25) is 0 Å². The van der Waals surface area contributed by atoms with Crippen molar-refractivity contribution in [3.63, 3.8) is 0 Å². The van der Waals surface area contributed by atoms with E-state index < -0.39 is 0 Å². The molecule has 5 heteroatoms. The van der Waals surface area contributed by atoms with Gasteiger partial charge in [-0.1, -0.05) is 12.1 Å². The average molecular weight is 241 g/mol. The van der Waals surface area contributed by atoms with Crippen LogP contribution < -0.4 is 0 Å². The first-order valence-corrected chi connectivity index (χ1v) is 5.50. The molecule has 0 saturated heterocycles. The van der Waals surface area contributed by atoms with Gasteiger partial charge in [0, 0.05) is 6.07 Å². The lowest BCUT2D eigenvalue weighted by Crippen LogP contribution is -1.98. The first-order valence-electron chi connectivity index (χ1n) is 5.50. The molecule has 0 spiro atoms. The number of rotatable bonds is 1. The lowest BCUT2D eigenvalue weighted by molar-refractivity contribution is 0.454. The van der Waals surface area contributed by atoms with Crippen LogP contribution in [0.25, 0.3) is 16.7 Å². The number of hydrogen-bond donors (Lipinski definition) is 2. The molecule has 0 atom stereocenters. The maximum atomic E-state index is 9.77. The monoisotopic (exact) mass is 241 g/mol. The lowest BCUT2D eigenvalue weighted by Gasteiger charge is -2.02. The van der Waals surface area contributed by atoms with Crippen LogP contribution in [0.5, 0.6) is 11.5 Å². The van der Waals surface area contributed by atoms with Crippen molar-refractivity contribution in [3.8, 4) is 17.2 Å². The summed E-state index contributed by atoms with van der Waals surface area (Å²) in [5.74, 6) is 0.0756. The van der Waals surface area contributed by atoms with E-state index in [0.29, 0.717) is 5.69 Å². The van der Waals surface area contributed by atoms with E-state index in [2.05, 4.69) is 10.2 Å². The highest BCUT2D eigenvalue weighted by Gasteiger charge is 2.10. The van der Waals surface area contributed by atoms with Gasteiger partial charge in [-0.15, -0.1) is 15.0 Å². The maximum Gasteiger partial charge on any atom is 0.143 e. The Labute approximate surface area is 103 Å². The number of fused-ring (bicyclic) bond motifs is 1. The number of nitrogens with zero attached hydrogens (tertiary/aromatic N) is 3. The summed E-state index contributed by atoms with van der Waals surface area (Å²) in [7, 11) is 0. The van der Waals surface area contributed by atoms with Gasteiger partial charge in [0.2, 0.25) is 0 Å². The molecule has 2 N–H and O–H groups in total. The van der Waals surface area contributed by atoms with Gasteiger partial charge in [-0.05, 0) is 30.7 Å². The van der Waals surface area contributed by atoms with Gasteiger partial charge in [0.05, 0.1) is 0 Å². The predicted octanol–water partition coefficient (Wildman–Crippen LogP) is 2.14. The smallest absolute Gasteiger partial charge is 0.143 e. The molecule has 0 unspecified atom stereocenters. The van der Waals surface area contributed by atoms with E-state index in [4.69, 9.17) is 0 Å². The molecule has 0 bridgehead atoms. The first kappa shape index (κ1) is 10.6. The summed E-state index contributed by atoms with van der Waals surface area (Å²) in [5, 5.41) is 27.8. The number of benzene rings is 2. The van der Waals surface area contributed by atoms with Crippen molar-refractivity contribution in [2.24, 2.45) is 0 Å². The van der Waals surface area contributed by atoms with Crippen LogP contribution in [0, 0.1) is 6.92 Å². The molecule has 1 aromatic heterocycles. The molecule has 3 rings (SSSR count). The number of aromatic nitrogens is 3. The summed E-state index contributed by atoms with van der Waals surface area (Å²) in [6.45, 7) is 1.95. The Balaban J connectivity index is 2.26. The third-order valence-electron chi connectivity index (χ3n) is 2.79. The van der Waals surface area contributed by atoms with Crippen molar-refractivity contribution in [1.29, 1.82) is 0 Å². The lowest BCUT2D eigenvalue weighted by atomic mass is 10.2. The van der Waals surface area contributed by atoms with Crippen molar-refractivity contribution in [1.82, 2.24) is 15.0 Å². The molecule has 90 valence electrons. The number of aryl methyl sites for hydroxylation is 1. The van der Waals surface area contributed by atoms with Crippen LogP contribution in [0.1, 0.15) is 5.56 Å². The second-order valence-electron chi connectivity index (χ2n) is 4.11. The molecule has 0 aliphatic heterocycles. The Morgan fingerprint density at radius 2 is 1.89 bits per heavy atom. The van der Waals surface area contributed by atoms with Crippen LogP contribution in [0.4, 0.5) is 0 Å². The average Bonchev–Trinajstić information content (AvgIpc) is 2.77. The van der Waals surface area contributed by atoms with Crippen LogP contribution in [-0.2, 0) is 0 Å². The molecule has 2 aromatic carbocycles. The van der Waals surface area contributed by atoms with Gasteiger partial charge in [-0.3, -0.25) is 0 Å². The molecule has 5 nitrogen and oxygen atoms in total. The number of aromatic hydroxyl groups is 2. The Hall–Kier alpha value is -2.56. The fourth-order valence-electron chi connectivity index (χ4n) is 1.85. The minimum absolute atomic E-state index is 0.0192. The second-order valence-corrected chi connectivity index (χ2v) is 4.11. The number of phenolic OH excluding ortho intramolecular Hbond substituents is 2. The van der Waals surface area contributed by atoms with Crippen molar-refractivity contribution in [2.75, 3.05) is 0 Å². The van der Waals surface area contributed by atoms with Gasteiger partial charge in [0.15, 0.2) is 0 Å². The van der Waals surface area contributed by atoms with Gasteiger partial charge in [0.25, 0.3) is 0 Å². The summed E-state index contributed by atoms with van der Waals surface area (Å²) < 4.78 is 0. The van der Waals surface area contributed by atoms with Gasteiger partial charge in [0.1, 0.15) is 28.2 Å². The Morgan fingerprint density at radius 1 is 1.06 bits per heavy atom. The minimum Gasteiger partial charge on any atom is -0.508 e. The van der Waals surface area contributed by atoms with E-state index in [9.17, 15) is 10.2 Å². The first-order chi connectivity index (χ1) is 8.65. The fraction of sp³-hybridized carbons (Fsp3) is 0.0769. The van der Waals surface area contributed by atoms with Crippen LogP contribution in [0.15, 0.2) is 36.4 Å². The maximum absolute atomic E-state index is 9.77. The molecule has 18 heavy (non-hydrogen) atoms. The summed E-state index contributed by atoms with van der Waals surface area (Å²) in [6.07, 6.45) is 0. The van der Waals surface area contributed by atoms with Crippen molar-refractivity contribution in [2.45, 2.75) is 6.92 Å². The van der Waals surface area contributed by atoms with E-state index in [1.165, 1.54) is 23.0 Å². The third-order valence-corrected chi connectivity index (χ3v) is 2.79. The SMILES string of the molecule is Cc1cccc2nn(-c3cc(O)ccc3O)nc12. The zero-order chi connectivity index (χ0) is 12.7. The molecule has 0 aliphatic carbocycles. The van der Waals surface area contributed by atoms with E-state index in [1.807, 2.05) is 25.1 Å². The quantitative estimate of drug-likeness (QED) is 0.640. The van der Waals surface area contributed by atoms with Crippen LogP contribution in [0.3, 0.4) is 0 Å². The molecule has 0 radical (unpaired) electrons. The van der Waals surface area contributed by atoms with Crippen molar-refractivity contribution in [3.05, 3.63) is 42.0 Å². The van der Waals surface area contributed by atoms with E-state index in [1.54, 1.807) is 0 Å². The second kappa shape index (κ2) is 3.73. The molecule has 0 aliphatic rings. The Morgan fingerprint density at radius 3 is 2.67 bits per heavy atom. The highest BCUT2D eigenvalue weighted by atomic mass is 16.3. The molecular weight excluding hydrogens is 230 g/mol. The molecular formula is C13H11N3O2. The summed E-state index contributed by atoms with van der Waals surface area (Å²) >= 11 is 0. The summed E-state index contributed by atoms with van der Waals surface area (Å²) in [6, 6.07) is 9.94. The van der Waals surface area contributed by atoms with Crippen LogP contribution >= 0.6 is 0 Å². The van der Waals surface area contributed by atoms with E-state index in [0.717, 1.165) is 16.6 Å². The predicted molar refractivity (Wildman–Crippen MR) is 66.9 cm³/mol. The minimum atomic E-state index is 0.0192. The molecule has 0 amide bonds. The van der Waals surface area contributed by atoms with Gasteiger partial charge < -0.3 is 10.2 Å². The highest BCUT2D eigenvalue weighted by Crippen LogP contribution is 2.26. The zero-order valence-corrected chi connectivity index (χ0v) is 9.70. The molecule has 0 fully saturated rings. The van der Waals surface area contributed by atoms with Crippen LogP contribution in [-0.4, -0.2) is 25.2 Å². The van der Waals surface area contributed by atoms with Gasteiger partial charge in [-0.25, -0.2) is 0 Å². The molecule has 1 heterocycles. The molecule has 0 saturated carbocycles. The summed E-state index contributed by atoms with van der Waals surface area (Å²) in [4.78, 5) is 1.33. The third kappa shape index (κ3) is 1.57. The van der Waals surface area contributed by atoms with E-state index in [-0.39, 0.29) is 11.5 Å². The fourth-order valence-corrected chi connectivity index (χ4v) is 1.85. The van der Waals surface area contributed by atoms with Gasteiger partial charge in [-0.2, -0.15) is 0 Å². The summed E-state index contributed by atoms with van der Waals surface area (Å²) in [5.41, 5.74) is 2.89. The number of hydrogen-bond acceptors (Lipinski definition) is 4. The topological polar surface area (TPSA) is 71.2 Å². The highest BCUT2D eigenvalue weighted by molar-refractivity contribution is 5.77. The number of phenols is 2. The molecule has 3 aromatic rings. The van der Waals surface area contributed by atoms with Crippen molar-refractivity contribution < 1.29 is 10.2 Å². The normalized spacial score (nSPS) is 10.9. The Kier molecular flexibility index (Phi) is 2.19. The van der Waals surface area contributed by atoms with E-state index >= 15 is 0 Å². The Bertz CT molecular complexity index is 734. The largest absolute Gasteiger partial charge is 0.508 e.